The fraction of sp³-hybridized carbons (Fsp3) is 0.409. The number of esters is 1. The number of nitrogens with zero attached hydrogens (tertiary/aromatic N) is 1. The van der Waals surface area contributed by atoms with E-state index in [2.05, 4.69) is 48.2 Å². The molecule has 3 heteroatoms. The topological polar surface area (TPSA) is 29.5 Å². The Hall–Kier alpha value is -2.13. The van der Waals surface area contributed by atoms with Crippen LogP contribution in [-0.4, -0.2) is 30.1 Å². The Morgan fingerprint density at radius 1 is 1.12 bits per heavy atom. The number of ether oxygens (including phenoxy) is 1. The minimum Gasteiger partial charge on any atom is -0.460 e. The number of likely N-dealkylation sites (tertiary alicyclic amines) is 1. The third kappa shape index (κ3) is 3.34. The van der Waals surface area contributed by atoms with Crippen LogP contribution in [0.25, 0.3) is 0 Å². The van der Waals surface area contributed by atoms with Crippen LogP contribution in [0.3, 0.4) is 0 Å². The molecule has 4 rings (SSSR count). The maximum atomic E-state index is 12.9. The first-order valence-electron chi connectivity index (χ1n) is 9.21. The van der Waals surface area contributed by atoms with Gasteiger partial charge in [0.05, 0.1) is 5.41 Å². The molecule has 0 N–H and O–H groups in total. The van der Waals surface area contributed by atoms with Crippen molar-refractivity contribution >= 4 is 5.97 Å². The molecule has 0 bridgehead atoms. The minimum atomic E-state index is -0.377. The van der Waals surface area contributed by atoms with E-state index < -0.39 is 0 Å². The predicted molar refractivity (Wildman–Crippen MR) is 98.3 cm³/mol. The summed E-state index contributed by atoms with van der Waals surface area (Å²) in [7, 11) is 0. The van der Waals surface area contributed by atoms with Crippen molar-refractivity contribution in [2.24, 2.45) is 0 Å². The molecule has 1 heterocycles. The quantitative estimate of drug-likeness (QED) is 0.778. The molecule has 0 aromatic heterocycles. The van der Waals surface area contributed by atoms with E-state index in [0.29, 0.717) is 0 Å². The molecule has 2 aliphatic rings. The van der Waals surface area contributed by atoms with Gasteiger partial charge in [-0.2, -0.15) is 0 Å². The zero-order chi connectivity index (χ0) is 17.3. The Labute approximate surface area is 149 Å². The zero-order valence-corrected chi connectivity index (χ0v) is 14.8. The van der Waals surface area contributed by atoms with Crippen molar-refractivity contribution in [3.8, 4) is 0 Å². The number of hydrogen-bond acceptors (Lipinski definition) is 3. The molecular weight excluding hydrogens is 310 g/mol. The van der Waals surface area contributed by atoms with E-state index >= 15 is 0 Å². The van der Waals surface area contributed by atoms with Gasteiger partial charge in [-0.3, -0.25) is 9.69 Å². The summed E-state index contributed by atoms with van der Waals surface area (Å²) in [4.78, 5) is 15.2. The highest BCUT2D eigenvalue weighted by Gasteiger charge is 2.54. The molecule has 1 aliphatic heterocycles. The van der Waals surface area contributed by atoms with Crippen molar-refractivity contribution in [1.82, 2.24) is 4.90 Å². The fourth-order valence-electron chi connectivity index (χ4n) is 3.96. The first kappa shape index (κ1) is 16.3. The van der Waals surface area contributed by atoms with Crippen LogP contribution in [0.5, 0.6) is 0 Å². The standard InChI is InChI=1S/C22H25NO2/c1-17-7-5-6-10-20(17)22(12-13-22)21(24)25-19-11-14-23(16-19)15-18-8-3-2-4-9-18/h2-10,19H,11-16H2,1H3/t19-/m1/s1. The fourth-order valence-corrected chi connectivity index (χ4v) is 3.96. The smallest absolute Gasteiger partial charge is 0.316 e. The SMILES string of the molecule is Cc1ccccc1C1(C(=O)O[C@@H]2CCN(Cc3ccccc3)C2)CC1. The second-order valence-corrected chi connectivity index (χ2v) is 7.43. The number of rotatable bonds is 5. The summed E-state index contributed by atoms with van der Waals surface area (Å²) in [6, 6.07) is 18.7. The summed E-state index contributed by atoms with van der Waals surface area (Å²) >= 11 is 0. The third-order valence-electron chi connectivity index (χ3n) is 5.55. The van der Waals surface area contributed by atoms with E-state index in [1.54, 1.807) is 0 Å². The lowest BCUT2D eigenvalue weighted by atomic mass is 9.92. The van der Waals surface area contributed by atoms with Crippen LogP contribution in [0, 0.1) is 6.92 Å². The highest BCUT2D eigenvalue weighted by Crippen LogP contribution is 2.50. The maximum Gasteiger partial charge on any atom is 0.316 e. The molecule has 1 atom stereocenters. The van der Waals surface area contributed by atoms with Gasteiger partial charge in [0.1, 0.15) is 6.10 Å². The van der Waals surface area contributed by atoms with Crippen molar-refractivity contribution in [2.45, 2.75) is 44.2 Å². The molecule has 2 fully saturated rings. The molecule has 0 radical (unpaired) electrons. The number of carbonyl (C=O) groups is 1. The summed E-state index contributed by atoms with van der Waals surface area (Å²) in [5.74, 6) is -0.0200. The van der Waals surface area contributed by atoms with Gasteiger partial charge in [-0.1, -0.05) is 54.6 Å². The van der Waals surface area contributed by atoms with Crippen LogP contribution in [0.4, 0.5) is 0 Å². The molecule has 1 aliphatic carbocycles. The minimum absolute atomic E-state index is 0.0200. The molecular formula is C22H25NO2. The van der Waals surface area contributed by atoms with E-state index in [-0.39, 0.29) is 17.5 Å². The first-order valence-corrected chi connectivity index (χ1v) is 9.21. The Morgan fingerprint density at radius 2 is 1.84 bits per heavy atom. The van der Waals surface area contributed by atoms with Crippen molar-refractivity contribution in [2.75, 3.05) is 13.1 Å². The lowest BCUT2D eigenvalue weighted by Crippen LogP contribution is -2.30. The maximum absolute atomic E-state index is 12.9. The molecule has 0 amide bonds. The zero-order valence-electron chi connectivity index (χ0n) is 14.8. The first-order chi connectivity index (χ1) is 12.2. The number of aryl methyl sites for hydroxylation is 1. The molecule has 25 heavy (non-hydrogen) atoms. The molecule has 0 spiro atoms. The second-order valence-electron chi connectivity index (χ2n) is 7.43. The second kappa shape index (κ2) is 6.64. The van der Waals surface area contributed by atoms with Gasteiger partial charge in [0.2, 0.25) is 0 Å². The van der Waals surface area contributed by atoms with Crippen molar-refractivity contribution in [3.63, 3.8) is 0 Å². The van der Waals surface area contributed by atoms with Gasteiger partial charge in [-0.15, -0.1) is 0 Å². The lowest BCUT2D eigenvalue weighted by molar-refractivity contribution is -0.151. The van der Waals surface area contributed by atoms with Crippen LogP contribution in [0.15, 0.2) is 54.6 Å². The van der Waals surface area contributed by atoms with Crippen LogP contribution < -0.4 is 0 Å². The molecule has 2 aromatic carbocycles. The van der Waals surface area contributed by atoms with E-state index in [9.17, 15) is 4.79 Å². The van der Waals surface area contributed by atoms with Gasteiger partial charge in [-0.25, -0.2) is 0 Å². The van der Waals surface area contributed by atoms with E-state index in [0.717, 1.165) is 44.5 Å². The highest BCUT2D eigenvalue weighted by molar-refractivity contribution is 5.87. The van der Waals surface area contributed by atoms with Crippen LogP contribution in [0.2, 0.25) is 0 Å². The monoisotopic (exact) mass is 335 g/mol. The Morgan fingerprint density at radius 3 is 2.56 bits per heavy atom. The molecule has 1 saturated heterocycles. The molecule has 1 saturated carbocycles. The van der Waals surface area contributed by atoms with Crippen LogP contribution in [0.1, 0.15) is 36.0 Å². The number of carbonyl (C=O) groups excluding carboxylic acids is 1. The molecule has 3 nitrogen and oxygen atoms in total. The Kier molecular flexibility index (Phi) is 4.34. The Bertz CT molecular complexity index is 752. The largest absolute Gasteiger partial charge is 0.460 e. The van der Waals surface area contributed by atoms with Crippen molar-refractivity contribution < 1.29 is 9.53 Å². The van der Waals surface area contributed by atoms with Crippen LogP contribution >= 0.6 is 0 Å². The molecule has 130 valence electrons. The van der Waals surface area contributed by atoms with Crippen LogP contribution in [-0.2, 0) is 21.5 Å². The number of benzene rings is 2. The summed E-state index contributed by atoms with van der Waals surface area (Å²) in [5, 5.41) is 0. The average Bonchev–Trinajstić information content (AvgIpc) is 3.32. The van der Waals surface area contributed by atoms with Gasteiger partial charge in [0, 0.05) is 19.6 Å². The van der Waals surface area contributed by atoms with E-state index in [1.807, 2.05) is 18.2 Å². The predicted octanol–water partition coefficient (Wildman–Crippen LogP) is 3.84. The highest BCUT2D eigenvalue weighted by atomic mass is 16.5. The normalized spacial score (nSPS) is 21.9. The number of hydrogen-bond donors (Lipinski definition) is 0. The Balaban J connectivity index is 1.37. The van der Waals surface area contributed by atoms with Gasteiger partial charge < -0.3 is 4.74 Å². The third-order valence-corrected chi connectivity index (χ3v) is 5.55. The summed E-state index contributed by atoms with van der Waals surface area (Å²) in [6.45, 7) is 4.84. The molecule has 2 aromatic rings. The van der Waals surface area contributed by atoms with Crippen molar-refractivity contribution in [1.29, 1.82) is 0 Å². The average molecular weight is 335 g/mol. The van der Waals surface area contributed by atoms with Gasteiger partial charge >= 0.3 is 5.97 Å². The van der Waals surface area contributed by atoms with Crippen molar-refractivity contribution in [3.05, 3.63) is 71.3 Å². The summed E-state index contributed by atoms with van der Waals surface area (Å²) in [6.07, 6.45) is 2.79. The lowest BCUT2D eigenvalue weighted by Gasteiger charge is -2.21. The van der Waals surface area contributed by atoms with Gasteiger partial charge in [-0.05, 0) is 42.9 Å². The van der Waals surface area contributed by atoms with Gasteiger partial charge in [0.25, 0.3) is 0 Å². The van der Waals surface area contributed by atoms with Gasteiger partial charge in [0.15, 0.2) is 0 Å². The van der Waals surface area contributed by atoms with E-state index in [4.69, 9.17) is 4.74 Å². The molecule has 0 unspecified atom stereocenters. The summed E-state index contributed by atoms with van der Waals surface area (Å²) in [5.41, 5.74) is 3.28. The summed E-state index contributed by atoms with van der Waals surface area (Å²) < 4.78 is 5.94. The van der Waals surface area contributed by atoms with E-state index in [1.165, 1.54) is 11.1 Å².